The molecule has 0 unspecified atom stereocenters. The zero-order valence-electron chi connectivity index (χ0n) is 9.37. The van der Waals surface area contributed by atoms with Gasteiger partial charge in [0.05, 0.1) is 5.69 Å². The van der Waals surface area contributed by atoms with Gasteiger partial charge in [-0.3, -0.25) is 4.68 Å². The van der Waals surface area contributed by atoms with Gasteiger partial charge in [0.15, 0.2) is 0 Å². The molecule has 0 aromatic carbocycles. The maximum absolute atomic E-state index is 5.19. The van der Waals surface area contributed by atoms with Gasteiger partial charge in [-0.05, 0) is 25.5 Å². The van der Waals surface area contributed by atoms with Gasteiger partial charge in [0, 0.05) is 25.7 Å². The first-order chi connectivity index (χ1) is 7.36. The van der Waals surface area contributed by atoms with Crippen LogP contribution in [-0.4, -0.2) is 16.3 Å². The van der Waals surface area contributed by atoms with Crippen LogP contribution in [0.15, 0.2) is 12.3 Å². The summed E-state index contributed by atoms with van der Waals surface area (Å²) in [6.07, 6.45) is 10.2. The number of hydrogen-bond donors (Lipinski definition) is 1. The zero-order chi connectivity index (χ0) is 10.9. The highest BCUT2D eigenvalue weighted by atomic mass is 15.3. The second-order valence-electron chi connectivity index (χ2n) is 3.55. The van der Waals surface area contributed by atoms with Gasteiger partial charge in [-0.2, -0.15) is 5.10 Å². The van der Waals surface area contributed by atoms with Gasteiger partial charge < -0.3 is 5.32 Å². The lowest BCUT2D eigenvalue weighted by molar-refractivity contribution is 0.570. The van der Waals surface area contributed by atoms with Gasteiger partial charge in [0.25, 0.3) is 0 Å². The van der Waals surface area contributed by atoms with Crippen LogP contribution in [0.25, 0.3) is 0 Å². The number of aryl methyl sites for hydroxylation is 1. The van der Waals surface area contributed by atoms with E-state index in [0.717, 1.165) is 44.6 Å². The van der Waals surface area contributed by atoms with E-state index in [1.165, 1.54) is 0 Å². The topological polar surface area (TPSA) is 29.9 Å². The summed E-state index contributed by atoms with van der Waals surface area (Å²) in [6, 6.07) is 2.05. The number of rotatable bonds is 7. The Bertz CT molecular complexity index is 309. The van der Waals surface area contributed by atoms with Crippen molar-refractivity contribution in [3.63, 3.8) is 0 Å². The number of hydrogen-bond acceptors (Lipinski definition) is 2. The third kappa shape index (κ3) is 4.66. The fourth-order valence-electron chi connectivity index (χ4n) is 1.36. The number of aromatic nitrogens is 2. The molecule has 0 fully saturated rings. The molecule has 0 aliphatic heterocycles. The molecular weight excluding hydrogens is 186 g/mol. The van der Waals surface area contributed by atoms with Crippen molar-refractivity contribution in [2.24, 2.45) is 0 Å². The lowest BCUT2D eigenvalue weighted by atomic mass is 10.3. The SMILES string of the molecule is C#CCCCn1ccc(CNCCC)n1. The second-order valence-corrected chi connectivity index (χ2v) is 3.55. The van der Waals surface area contributed by atoms with E-state index < -0.39 is 0 Å². The number of nitrogens with zero attached hydrogens (tertiary/aromatic N) is 2. The summed E-state index contributed by atoms with van der Waals surface area (Å²) in [5, 5.41) is 7.76. The smallest absolute Gasteiger partial charge is 0.0762 e. The van der Waals surface area contributed by atoms with E-state index in [1.807, 2.05) is 10.9 Å². The molecule has 0 radical (unpaired) electrons. The van der Waals surface area contributed by atoms with Crippen LogP contribution in [0.2, 0.25) is 0 Å². The summed E-state index contributed by atoms with van der Waals surface area (Å²) in [4.78, 5) is 0. The Morgan fingerprint density at radius 3 is 3.20 bits per heavy atom. The molecule has 0 spiro atoms. The molecule has 0 atom stereocenters. The zero-order valence-corrected chi connectivity index (χ0v) is 9.37. The molecule has 1 aromatic heterocycles. The predicted molar refractivity (Wildman–Crippen MR) is 62.3 cm³/mol. The minimum Gasteiger partial charge on any atom is -0.311 e. The van der Waals surface area contributed by atoms with Crippen LogP contribution in [0.4, 0.5) is 0 Å². The molecule has 1 N–H and O–H groups in total. The summed E-state index contributed by atoms with van der Waals surface area (Å²) in [7, 11) is 0. The third-order valence-corrected chi connectivity index (χ3v) is 2.14. The molecule has 0 saturated heterocycles. The van der Waals surface area contributed by atoms with Gasteiger partial charge >= 0.3 is 0 Å². The summed E-state index contributed by atoms with van der Waals surface area (Å²) < 4.78 is 1.96. The van der Waals surface area contributed by atoms with Crippen molar-refractivity contribution >= 4 is 0 Å². The Labute approximate surface area is 91.9 Å². The molecule has 0 aliphatic carbocycles. The van der Waals surface area contributed by atoms with E-state index in [-0.39, 0.29) is 0 Å². The predicted octanol–water partition coefficient (Wildman–Crippen LogP) is 1.80. The van der Waals surface area contributed by atoms with Gasteiger partial charge in [0.2, 0.25) is 0 Å². The van der Waals surface area contributed by atoms with E-state index in [0.29, 0.717) is 0 Å². The van der Waals surface area contributed by atoms with Gasteiger partial charge in [-0.15, -0.1) is 12.3 Å². The molecule has 3 nitrogen and oxygen atoms in total. The number of terminal acetylenes is 1. The Balaban J connectivity index is 2.26. The van der Waals surface area contributed by atoms with E-state index in [1.54, 1.807) is 0 Å². The molecule has 1 rings (SSSR count). The first-order valence-electron chi connectivity index (χ1n) is 5.53. The van der Waals surface area contributed by atoms with Crippen LogP contribution in [0.3, 0.4) is 0 Å². The molecule has 0 bridgehead atoms. The van der Waals surface area contributed by atoms with Crippen molar-refractivity contribution in [3.05, 3.63) is 18.0 Å². The normalized spacial score (nSPS) is 10.1. The highest BCUT2D eigenvalue weighted by molar-refractivity contribution is 4.98. The lowest BCUT2D eigenvalue weighted by Gasteiger charge is -2.00. The van der Waals surface area contributed by atoms with Crippen LogP contribution < -0.4 is 5.32 Å². The molecular formula is C12H19N3. The fourth-order valence-corrected chi connectivity index (χ4v) is 1.36. The molecule has 0 amide bonds. The molecule has 0 aliphatic rings. The number of unbranched alkanes of at least 4 members (excludes halogenated alkanes) is 1. The molecule has 82 valence electrons. The first kappa shape index (κ1) is 11.8. The van der Waals surface area contributed by atoms with Gasteiger partial charge in [0.1, 0.15) is 0 Å². The first-order valence-corrected chi connectivity index (χ1v) is 5.53. The van der Waals surface area contributed by atoms with Crippen LogP contribution in [0.1, 0.15) is 31.9 Å². The Morgan fingerprint density at radius 2 is 2.47 bits per heavy atom. The number of nitrogens with one attached hydrogen (secondary N) is 1. The molecule has 3 heteroatoms. The monoisotopic (exact) mass is 205 g/mol. The minimum absolute atomic E-state index is 0.823. The Kier molecular flexibility index (Phi) is 5.57. The highest BCUT2D eigenvalue weighted by Crippen LogP contribution is 1.98. The fraction of sp³-hybridized carbons (Fsp3) is 0.583. The van der Waals surface area contributed by atoms with Crippen molar-refractivity contribution < 1.29 is 0 Å². The summed E-state index contributed by atoms with van der Waals surface area (Å²) in [5.41, 5.74) is 1.10. The van der Waals surface area contributed by atoms with E-state index in [2.05, 4.69) is 29.3 Å². The maximum atomic E-state index is 5.19. The largest absolute Gasteiger partial charge is 0.311 e. The molecule has 0 saturated carbocycles. The summed E-state index contributed by atoms with van der Waals surface area (Å²) >= 11 is 0. The quantitative estimate of drug-likeness (QED) is 0.543. The Morgan fingerprint density at radius 1 is 1.60 bits per heavy atom. The van der Waals surface area contributed by atoms with Crippen LogP contribution in [-0.2, 0) is 13.1 Å². The minimum atomic E-state index is 0.823. The van der Waals surface area contributed by atoms with Crippen LogP contribution >= 0.6 is 0 Å². The third-order valence-electron chi connectivity index (χ3n) is 2.14. The van der Waals surface area contributed by atoms with Crippen molar-refractivity contribution in [1.82, 2.24) is 15.1 Å². The maximum Gasteiger partial charge on any atom is 0.0762 e. The molecule has 15 heavy (non-hydrogen) atoms. The van der Waals surface area contributed by atoms with Crippen molar-refractivity contribution in [2.75, 3.05) is 6.54 Å². The second kappa shape index (κ2) is 7.08. The van der Waals surface area contributed by atoms with Crippen molar-refractivity contribution in [1.29, 1.82) is 0 Å². The van der Waals surface area contributed by atoms with Gasteiger partial charge in [-0.25, -0.2) is 0 Å². The van der Waals surface area contributed by atoms with Crippen molar-refractivity contribution in [3.8, 4) is 12.3 Å². The Hall–Kier alpha value is -1.27. The highest BCUT2D eigenvalue weighted by Gasteiger charge is 1.97. The standard InChI is InChI=1S/C12H19N3/c1-3-5-6-9-15-10-7-12(14-15)11-13-8-4-2/h1,7,10,13H,4-6,8-9,11H2,2H3. The average molecular weight is 205 g/mol. The van der Waals surface area contributed by atoms with Gasteiger partial charge in [-0.1, -0.05) is 6.92 Å². The van der Waals surface area contributed by atoms with E-state index >= 15 is 0 Å². The van der Waals surface area contributed by atoms with E-state index in [4.69, 9.17) is 6.42 Å². The van der Waals surface area contributed by atoms with Crippen LogP contribution in [0, 0.1) is 12.3 Å². The molecule has 1 heterocycles. The van der Waals surface area contributed by atoms with Crippen molar-refractivity contribution in [2.45, 2.75) is 39.3 Å². The summed E-state index contributed by atoms with van der Waals surface area (Å²) in [6.45, 7) is 4.98. The average Bonchev–Trinajstić information content (AvgIpc) is 2.67. The summed E-state index contributed by atoms with van der Waals surface area (Å²) in [5.74, 6) is 2.63. The van der Waals surface area contributed by atoms with Crippen LogP contribution in [0.5, 0.6) is 0 Å². The lowest BCUT2D eigenvalue weighted by Crippen LogP contribution is -2.14. The van der Waals surface area contributed by atoms with E-state index in [9.17, 15) is 0 Å². The molecule has 1 aromatic rings.